The Labute approximate surface area is 134 Å². The van der Waals surface area contributed by atoms with E-state index in [1.165, 1.54) is 32.1 Å². The minimum Gasteiger partial charge on any atom is -0.493 e. The molecule has 2 rings (SSSR count). The van der Waals surface area contributed by atoms with Crippen LogP contribution in [0.3, 0.4) is 0 Å². The van der Waals surface area contributed by atoms with Crippen molar-refractivity contribution in [3.8, 4) is 5.75 Å². The first-order chi connectivity index (χ1) is 10.2. The summed E-state index contributed by atoms with van der Waals surface area (Å²) in [7, 11) is 0. The molecule has 0 aromatic heterocycles. The SMILES string of the molecule is CCCNC(C)c1ccc(OCC2CCCCC2)cc1Cl. The highest BCUT2D eigenvalue weighted by Gasteiger charge is 2.15. The molecule has 0 spiro atoms. The molecule has 1 N–H and O–H groups in total. The van der Waals surface area contributed by atoms with Crippen LogP contribution in [0, 0.1) is 5.92 Å². The van der Waals surface area contributed by atoms with Gasteiger partial charge in [-0.25, -0.2) is 0 Å². The minimum absolute atomic E-state index is 0.282. The molecule has 1 aliphatic rings. The quantitative estimate of drug-likeness (QED) is 0.732. The van der Waals surface area contributed by atoms with Gasteiger partial charge in [0.05, 0.1) is 6.61 Å². The Balaban J connectivity index is 1.88. The topological polar surface area (TPSA) is 21.3 Å². The van der Waals surface area contributed by atoms with Gasteiger partial charge >= 0.3 is 0 Å². The second-order valence-electron chi connectivity index (χ2n) is 6.17. The monoisotopic (exact) mass is 309 g/mol. The summed E-state index contributed by atoms with van der Waals surface area (Å²) in [5.41, 5.74) is 1.15. The van der Waals surface area contributed by atoms with Gasteiger partial charge in [0.15, 0.2) is 0 Å². The summed E-state index contributed by atoms with van der Waals surface area (Å²) in [4.78, 5) is 0. The molecule has 1 saturated carbocycles. The standard InChI is InChI=1S/C18H28ClNO/c1-3-11-20-14(2)17-10-9-16(12-18(17)19)21-13-15-7-5-4-6-8-15/h9-10,12,14-15,20H,3-8,11,13H2,1-2H3. The Hall–Kier alpha value is -0.730. The molecule has 21 heavy (non-hydrogen) atoms. The summed E-state index contributed by atoms with van der Waals surface area (Å²) < 4.78 is 5.94. The van der Waals surface area contributed by atoms with Crippen molar-refractivity contribution in [3.05, 3.63) is 28.8 Å². The maximum absolute atomic E-state index is 6.40. The number of benzene rings is 1. The number of nitrogens with one attached hydrogen (secondary N) is 1. The van der Waals surface area contributed by atoms with Gasteiger partial charge in [-0.3, -0.25) is 0 Å². The molecule has 0 heterocycles. The third-order valence-corrected chi connectivity index (χ3v) is 4.68. The first kappa shape index (κ1) is 16.6. The molecule has 1 atom stereocenters. The van der Waals surface area contributed by atoms with E-state index in [-0.39, 0.29) is 6.04 Å². The molecule has 1 fully saturated rings. The van der Waals surface area contributed by atoms with E-state index in [0.717, 1.165) is 41.8 Å². The molecular weight excluding hydrogens is 282 g/mol. The number of ether oxygens (including phenoxy) is 1. The van der Waals surface area contributed by atoms with Gasteiger partial charge in [0.1, 0.15) is 5.75 Å². The Morgan fingerprint density at radius 2 is 2.05 bits per heavy atom. The maximum Gasteiger partial charge on any atom is 0.120 e. The Kier molecular flexibility index (Phi) is 6.85. The fourth-order valence-corrected chi connectivity index (χ4v) is 3.32. The van der Waals surface area contributed by atoms with Gasteiger partial charge in [-0.15, -0.1) is 0 Å². The zero-order valence-electron chi connectivity index (χ0n) is 13.3. The van der Waals surface area contributed by atoms with Crippen molar-refractivity contribution in [1.82, 2.24) is 5.32 Å². The highest BCUT2D eigenvalue weighted by Crippen LogP contribution is 2.29. The lowest BCUT2D eigenvalue weighted by molar-refractivity contribution is 0.209. The molecule has 118 valence electrons. The number of halogens is 1. The van der Waals surface area contributed by atoms with E-state index in [9.17, 15) is 0 Å². The van der Waals surface area contributed by atoms with Crippen LogP contribution in [-0.4, -0.2) is 13.2 Å². The van der Waals surface area contributed by atoms with Crippen molar-refractivity contribution in [2.24, 2.45) is 5.92 Å². The van der Waals surface area contributed by atoms with Crippen molar-refractivity contribution in [2.75, 3.05) is 13.2 Å². The van der Waals surface area contributed by atoms with Gasteiger partial charge in [0.2, 0.25) is 0 Å². The number of hydrogen-bond acceptors (Lipinski definition) is 2. The van der Waals surface area contributed by atoms with Gasteiger partial charge in [0, 0.05) is 11.1 Å². The van der Waals surface area contributed by atoms with Crippen LogP contribution in [0.1, 0.15) is 64.0 Å². The van der Waals surface area contributed by atoms with Gasteiger partial charge in [-0.2, -0.15) is 0 Å². The molecule has 1 aromatic rings. The molecule has 1 aliphatic carbocycles. The first-order valence-corrected chi connectivity index (χ1v) is 8.74. The molecule has 0 aliphatic heterocycles. The van der Waals surface area contributed by atoms with Crippen LogP contribution in [0.25, 0.3) is 0 Å². The third-order valence-electron chi connectivity index (χ3n) is 4.35. The normalized spacial score (nSPS) is 17.7. The second-order valence-corrected chi connectivity index (χ2v) is 6.58. The summed E-state index contributed by atoms with van der Waals surface area (Å²) in [5, 5.41) is 4.27. The Bertz CT molecular complexity index is 429. The fourth-order valence-electron chi connectivity index (χ4n) is 2.99. The lowest BCUT2D eigenvalue weighted by Gasteiger charge is -2.22. The van der Waals surface area contributed by atoms with Gasteiger partial charge in [0.25, 0.3) is 0 Å². The molecule has 1 aromatic carbocycles. The predicted octanol–water partition coefficient (Wildman–Crippen LogP) is 5.36. The van der Waals surface area contributed by atoms with Crippen LogP contribution in [0.15, 0.2) is 18.2 Å². The Morgan fingerprint density at radius 3 is 2.71 bits per heavy atom. The fraction of sp³-hybridized carbons (Fsp3) is 0.667. The van der Waals surface area contributed by atoms with E-state index in [1.54, 1.807) is 0 Å². The number of hydrogen-bond donors (Lipinski definition) is 1. The lowest BCUT2D eigenvalue weighted by atomic mass is 9.90. The van der Waals surface area contributed by atoms with Crippen LogP contribution >= 0.6 is 11.6 Å². The van der Waals surface area contributed by atoms with Crippen LogP contribution in [-0.2, 0) is 0 Å². The van der Waals surface area contributed by atoms with E-state index in [0.29, 0.717) is 0 Å². The first-order valence-electron chi connectivity index (χ1n) is 8.36. The molecule has 0 amide bonds. The van der Waals surface area contributed by atoms with Crippen molar-refractivity contribution in [2.45, 2.75) is 58.4 Å². The second kappa shape index (κ2) is 8.65. The van der Waals surface area contributed by atoms with E-state index in [1.807, 2.05) is 12.1 Å². The van der Waals surface area contributed by atoms with E-state index in [4.69, 9.17) is 16.3 Å². The maximum atomic E-state index is 6.40. The zero-order valence-corrected chi connectivity index (χ0v) is 14.1. The summed E-state index contributed by atoms with van der Waals surface area (Å²) in [6, 6.07) is 6.38. The van der Waals surface area contributed by atoms with Gasteiger partial charge in [-0.1, -0.05) is 43.9 Å². The van der Waals surface area contributed by atoms with Crippen LogP contribution < -0.4 is 10.1 Å². The summed E-state index contributed by atoms with van der Waals surface area (Å²) in [6.07, 6.45) is 7.85. The molecule has 0 bridgehead atoms. The van der Waals surface area contributed by atoms with Crippen molar-refractivity contribution in [1.29, 1.82) is 0 Å². The van der Waals surface area contributed by atoms with Crippen molar-refractivity contribution < 1.29 is 4.74 Å². The van der Waals surface area contributed by atoms with E-state index >= 15 is 0 Å². The Morgan fingerprint density at radius 1 is 1.29 bits per heavy atom. The highest BCUT2D eigenvalue weighted by molar-refractivity contribution is 6.31. The highest BCUT2D eigenvalue weighted by atomic mass is 35.5. The average molecular weight is 310 g/mol. The number of rotatable bonds is 7. The van der Waals surface area contributed by atoms with Crippen molar-refractivity contribution in [3.63, 3.8) is 0 Å². The molecule has 2 nitrogen and oxygen atoms in total. The summed E-state index contributed by atoms with van der Waals surface area (Å²) in [6.45, 7) is 6.17. The summed E-state index contributed by atoms with van der Waals surface area (Å²) >= 11 is 6.40. The molecular formula is C18H28ClNO. The third kappa shape index (κ3) is 5.19. The molecule has 0 radical (unpaired) electrons. The van der Waals surface area contributed by atoms with Crippen molar-refractivity contribution >= 4 is 11.6 Å². The smallest absolute Gasteiger partial charge is 0.120 e. The largest absolute Gasteiger partial charge is 0.493 e. The molecule has 3 heteroatoms. The van der Waals surface area contributed by atoms with E-state index in [2.05, 4.69) is 25.2 Å². The van der Waals surface area contributed by atoms with Crippen LogP contribution in [0.2, 0.25) is 5.02 Å². The minimum atomic E-state index is 0.282. The zero-order chi connectivity index (χ0) is 15.1. The summed E-state index contributed by atoms with van der Waals surface area (Å²) in [5.74, 6) is 1.62. The van der Waals surface area contributed by atoms with Crippen LogP contribution in [0.5, 0.6) is 5.75 Å². The van der Waals surface area contributed by atoms with Gasteiger partial charge in [-0.05, 0) is 56.3 Å². The molecule has 1 unspecified atom stereocenters. The van der Waals surface area contributed by atoms with Crippen LogP contribution in [0.4, 0.5) is 0 Å². The van der Waals surface area contributed by atoms with E-state index < -0.39 is 0 Å². The average Bonchev–Trinajstić information content (AvgIpc) is 2.51. The molecule has 0 saturated heterocycles. The predicted molar refractivity (Wildman–Crippen MR) is 90.2 cm³/mol. The lowest BCUT2D eigenvalue weighted by Crippen LogP contribution is -2.19. The van der Waals surface area contributed by atoms with Gasteiger partial charge < -0.3 is 10.1 Å².